The van der Waals surface area contributed by atoms with Gasteiger partial charge in [0.1, 0.15) is 0 Å². The van der Waals surface area contributed by atoms with Gasteiger partial charge in [-0.15, -0.1) is 0 Å². The number of hydrogen-bond acceptors (Lipinski definition) is 3. The number of carbonyl (C=O) groups is 1. The maximum absolute atomic E-state index is 12.4. The standard InChI is InChI=1S/C15H21NO3S/c1-12(17)16-14-7-5-6-13(10-14)11-20(18,19)15-8-3-2-4-9-15/h5-7,10,15H,2-4,8-9,11H2,1H3,(H,16,17). The molecular weight excluding hydrogens is 274 g/mol. The lowest BCUT2D eigenvalue weighted by Crippen LogP contribution is -2.25. The summed E-state index contributed by atoms with van der Waals surface area (Å²) < 4.78 is 24.8. The van der Waals surface area contributed by atoms with Crippen LogP contribution >= 0.6 is 0 Å². The largest absolute Gasteiger partial charge is 0.326 e. The van der Waals surface area contributed by atoms with Gasteiger partial charge in [0.2, 0.25) is 5.91 Å². The molecule has 1 aliphatic rings. The molecule has 0 bridgehead atoms. The first-order valence-electron chi connectivity index (χ1n) is 7.05. The number of hydrogen-bond donors (Lipinski definition) is 1. The second-order valence-corrected chi connectivity index (χ2v) is 7.73. The van der Waals surface area contributed by atoms with E-state index < -0.39 is 9.84 Å². The zero-order valence-electron chi connectivity index (χ0n) is 11.8. The summed E-state index contributed by atoms with van der Waals surface area (Å²) in [6.07, 6.45) is 4.73. The minimum Gasteiger partial charge on any atom is -0.326 e. The second-order valence-electron chi connectivity index (χ2n) is 5.45. The first-order valence-corrected chi connectivity index (χ1v) is 8.77. The molecule has 1 aliphatic carbocycles. The monoisotopic (exact) mass is 295 g/mol. The van der Waals surface area contributed by atoms with Gasteiger partial charge in [-0.05, 0) is 30.5 Å². The van der Waals surface area contributed by atoms with Gasteiger partial charge < -0.3 is 5.32 Å². The van der Waals surface area contributed by atoms with E-state index in [9.17, 15) is 13.2 Å². The van der Waals surface area contributed by atoms with Gasteiger partial charge in [0, 0.05) is 12.6 Å². The van der Waals surface area contributed by atoms with Crippen molar-refractivity contribution in [1.82, 2.24) is 0 Å². The Bertz CT molecular complexity index is 575. The zero-order chi connectivity index (χ0) is 14.6. The molecule has 2 rings (SSSR count). The van der Waals surface area contributed by atoms with Gasteiger partial charge in [-0.25, -0.2) is 8.42 Å². The SMILES string of the molecule is CC(=O)Nc1cccc(CS(=O)(=O)C2CCCCC2)c1. The van der Waals surface area contributed by atoms with Crippen LogP contribution in [0.25, 0.3) is 0 Å². The number of nitrogens with one attached hydrogen (secondary N) is 1. The van der Waals surface area contributed by atoms with Crippen molar-refractivity contribution in [2.45, 2.75) is 50.0 Å². The van der Waals surface area contributed by atoms with Crippen LogP contribution in [0.2, 0.25) is 0 Å². The van der Waals surface area contributed by atoms with Gasteiger partial charge in [-0.3, -0.25) is 4.79 Å². The maximum Gasteiger partial charge on any atom is 0.221 e. The van der Waals surface area contributed by atoms with Crippen LogP contribution in [0.4, 0.5) is 5.69 Å². The fourth-order valence-corrected chi connectivity index (χ4v) is 4.65. The predicted octanol–water partition coefficient (Wildman–Crippen LogP) is 2.89. The van der Waals surface area contributed by atoms with E-state index in [1.165, 1.54) is 6.92 Å². The molecule has 0 aromatic heterocycles. The fraction of sp³-hybridized carbons (Fsp3) is 0.533. The normalized spacial score (nSPS) is 16.9. The number of carbonyl (C=O) groups excluding carboxylic acids is 1. The van der Waals surface area contributed by atoms with Crippen molar-refractivity contribution >= 4 is 21.4 Å². The molecular formula is C15H21NO3S. The van der Waals surface area contributed by atoms with E-state index in [4.69, 9.17) is 0 Å². The van der Waals surface area contributed by atoms with Crippen LogP contribution in [0, 0.1) is 0 Å². The highest BCUT2D eigenvalue weighted by atomic mass is 32.2. The van der Waals surface area contributed by atoms with E-state index in [0.717, 1.165) is 37.7 Å². The topological polar surface area (TPSA) is 63.2 Å². The highest BCUT2D eigenvalue weighted by molar-refractivity contribution is 7.91. The number of benzene rings is 1. The van der Waals surface area contributed by atoms with E-state index in [1.54, 1.807) is 24.3 Å². The Balaban J connectivity index is 2.10. The lowest BCUT2D eigenvalue weighted by Gasteiger charge is -2.21. The smallest absolute Gasteiger partial charge is 0.221 e. The molecule has 1 saturated carbocycles. The lowest BCUT2D eigenvalue weighted by atomic mass is 10.0. The zero-order valence-corrected chi connectivity index (χ0v) is 12.6. The van der Waals surface area contributed by atoms with E-state index >= 15 is 0 Å². The van der Waals surface area contributed by atoms with Crippen LogP contribution in [0.15, 0.2) is 24.3 Å². The van der Waals surface area contributed by atoms with Crippen LogP contribution in [-0.2, 0) is 20.4 Å². The molecule has 0 atom stereocenters. The summed E-state index contributed by atoms with van der Waals surface area (Å²) in [5.41, 5.74) is 1.38. The van der Waals surface area contributed by atoms with Gasteiger partial charge in [0.25, 0.3) is 0 Å². The summed E-state index contributed by atoms with van der Waals surface area (Å²) >= 11 is 0. The fourth-order valence-electron chi connectivity index (χ4n) is 2.72. The number of sulfone groups is 1. The third-order valence-electron chi connectivity index (χ3n) is 3.68. The maximum atomic E-state index is 12.4. The molecule has 1 aromatic rings. The first kappa shape index (κ1) is 15.0. The van der Waals surface area contributed by atoms with Gasteiger partial charge in [-0.2, -0.15) is 0 Å². The van der Waals surface area contributed by atoms with Crippen LogP contribution in [0.1, 0.15) is 44.6 Å². The van der Waals surface area contributed by atoms with Gasteiger partial charge in [-0.1, -0.05) is 31.4 Å². The minimum atomic E-state index is -3.09. The molecule has 1 fully saturated rings. The summed E-state index contributed by atoms with van der Waals surface area (Å²) in [5.74, 6) is -0.0947. The van der Waals surface area contributed by atoms with Crippen LogP contribution in [0.5, 0.6) is 0 Å². The van der Waals surface area contributed by atoms with Gasteiger partial charge in [0.15, 0.2) is 9.84 Å². The quantitative estimate of drug-likeness (QED) is 0.929. The Morgan fingerprint density at radius 3 is 2.60 bits per heavy atom. The van der Waals surface area contributed by atoms with Crippen molar-refractivity contribution in [3.8, 4) is 0 Å². The molecule has 0 aliphatic heterocycles. The summed E-state index contributed by atoms with van der Waals surface area (Å²) in [5, 5.41) is 2.48. The Kier molecular flexibility index (Phi) is 4.81. The highest BCUT2D eigenvalue weighted by Gasteiger charge is 2.27. The van der Waals surface area contributed by atoms with E-state index in [0.29, 0.717) is 5.69 Å². The predicted molar refractivity (Wildman–Crippen MR) is 80.2 cm³/mol. The van der Waals surface area contributed by atoms with E-state index in [-0.39, 0.29) is 16.9 Å². The molecule has 0 unspecified atom stereocenters. The summed E-state index contributed by atoms with van der Waals surface area (Å²) in [6, 6.07) is 7.07. The van der Waals surface area contributed by atoms with Gasteiger partial charge in [0.05, 0.1) is 11.0 Å². The summed E-state index contributed by atoms with van der Waals surface area (Å²) in [7, 11) is -3.09. The van der Waals surface area contributed by atoms with Crippen LogP contribution in [0.3, 0.4) is 0 Å². The third kappa shape index (κ3) is 4.07. The average Bonchev–Trinajstić information content (AvgIpc) is 2.39. The molecule has 0 heterocycles. The molecule has 20 heavy (non-hydrogen) atoms. The Labute approximate surface area is 120 Å². The minimum absolute atomic E-state index is 0.0606. The van der Waals surface area contributed by atoms with Crippen molar-refractivity contribution in [3.63, 3.8) is 0 Å². The average molecular weight is 295 g/mol. The summed E-state index contributed by atoms with van der Waals surface area (Å²) in [4.78, 5) is 11.0. The highest BCUT2D eigenvalue weighted by Crippen LogP contribution is 2.26. The lowest BCUT2D eigenvalue weighted by molar-refractivity contribution is -0.114. The first-order chi connectivity index (χ1) is 9.47. The summed E-state index contributed by atoms with van der Waals surface area (Å²) in [6.45, 7) is 1.44. The van der Waals surface area contributed by atoms with E-state index in [1.807, 2.05) is 0 Å². The van der Waals surface area contributed by atoms with Crippen LogP contribution < -0.4 is 5.32 Å². The van der Waals surface area contributed by atoms with Crippen molar-refractivity contribution in [1.29, 1.82) is 0 Å². The molecule has 0 spiro atoms. The van der Waals surface area contributed by atoms with Crippen LogP contribution in [-0.4, -0.2) is 19.6 Å². The molecule has 4 nitrogen and oxygen atoms in total. The number of rotatable bonds is 4. The Hall–Kier alpha value is -1.36. The third-order valence-corrected chi connectivity index (χ3v) is 5.90. The molecule has 5 heteroatoms. The Morgan fingerprint density at radius 2 is 1.95 bits per heavy atom. The van der Waals surface area contributed by atoms with Crippen molar-refractivity contribution in [2.75, 3.05) is 5.32 Å². The number of anilines is 1. The molecule has 1 N–H and O–H groups in total. The molecule has 0 saturated heterocycles. The van der Waals surface area contributed by atoms with E-state index in [2.05, 4.69) is 5.32 Å². The van der Waals surface area contributed by atoms with Crippen molar-refractivity contribution in [3.05, 3.63) is 29.8 Å². The second kappa shape index (κ2) is 6.39. The number of amides is 1. The van der Waals surface area contributed by atoms with Crippen molar-refractivity contribution < 1.29 is 13.2 Å². The Morgan fingerprint density at radius 1 is 1.25 bits per heavy atom. The van der Waals surface area contributed by atoms with Gasteiger partial charge >= 0.3 is 0 Å². The molecule has 110 valence electrons. The molecule has 1 aromatic carbocycles. The molecule has 1 amide bonds. The van der Waals surface area contributed by atoms with Crippen molar-refractivity contribution in [2.24, 2.45) is 0 Å². The molecule has 0 radical (unpaired) electrons.